The second-order valence-electron chi connectivity index (χ2n) is 6.08. The second kappa shape index (κ2) is 5.68. The first kappa shape index (κ1) is 14.8. The SMILES string of the molecule is CCCc1cc(=O)oc2cc3oc(C)c(-c4ccccc4)c3cc12. The Kier molecular flexibility index (Phi) is 3.49. The number of fused-ring (bicyclic) bond motifs is 2. The third-order valence-electron chi connectivity index (χ3n) is 4.40. The second-order valence-corrected chi connectivity index (χ2v) is 6.08. The maximum atomic E-state index is 11.8. The van der Waals surface area contributed by atoms with Crippen LogP contribution in [0.3, 0.4) is 0 Å². The van der Waals surface area contributed by atoms with E-state index in [9.17, 15) is 4.79 Å². The summed E-state index contributed by atoms with van der Waals surface area (Å²) in [6.45, 7) is 4.08. The minimum atomic E-state index is -0.308. The van der Waals surface area contributed by atoms with E-state index in [4.69, 9.17) is 8.83 Å². The first-order valence-corrected chi connectivity index (χ1v) is 8.22. The van der Waals surface area contributed by atoms with E-state index in [0.717, 1.165) is 51.6 Å². The van der Waals surface area contributed by atoms with Gasteiger partial charge in [-0.2, -0.15) is 0 Å². The topological polar surface area (TPSA) is 43.4 Å². The minimum absolute atomic E-state index is 0.308. The van der Waals surface area contributed by atoms with Crippen LogP contribution >= 0.6 is 0 Å². The van der Waals surface area contributed by atoms with Crippen molar-refractivity contribution in [2.45, 2.75) is 26.7 Å². The fourth-order valence-electron chi connectivity index (χ4n) is 3.38. The lowest BCUT2D eigenvalue weighted by molar-refractivity contribution is 0.554. The number of benzene rings is 2. The van der Waals surface area contributed by atoms with Gasteiger partial charge in [0.1, 0.15) is 16.9 Å². The Bertz CT molecular complexity index is 1080. The van der Waals surface area contributed by atoms with Crippen LogP contribution in [0.15, 0.2) is 62.2 Å². The molecule has 0 fully saturated rings. The van der Waals surface area contributed by atoms with Gasteiger partial charge in [-0.1, -0.05) is 43.7 Å². The number of furan rings is 1. The predicted octanol–water partition coefficient (Wildman–Crippen LogP) is 5.47. The van der Waals surface area contributed by atoms with Crippen molar-refractivity contribution >= 4 is 21.9 Å². The highest BCUT2D eigenvalue weighted by Crippen LogP contribution is 2.37. The zero-order chi connectivity index (χ0) is 16.7. The van der Waals surface area contributed by atoms with Crippen molar-refractivity contribution in [3.63, 3.8) is 0 Å². The predicted molar refractivity (Wildman–Crippen MR) is 96.4 cm³/mol. The zero-order valence-corrected chi connectivity index (χ0v) is 13.8. The summed E-state index contributed by atoms with van der Waals surface area (Å²) in [5, 5.41) is 2.04. The highest BCUT2D eigenvalue weighted by molar-refractivity contribution is 6.03. The van der Waals surface area contributed by atoms with Crippen LogP contribution in [0, 0.1) is 6.92 Å². The molecule has 24 heavy (non-hydrogen) atoms. The first-order valence-electron chi connectivity index (χ1n) is 8.22. The van der Waals surface area contributed by atoms with Gasteiger partial charge in [-0.3, -0.25) is 0 Å². The van der Waals surface area contributed by atoms with Crippen molar-refractivity contribution in [3.8, 4) is 11.1 Å². The summed E-state index contributed by atoms with van der Waals surface area (Å²) >= 11 is 0. The van der Waals surface area contributed by atoms with Gasteiger partial charge >= 0.3 is 5.63 Å². The van der Waals surface area contributed by atoms with Crippen LogP contribution in [0.1, 0.15) is 24.7 Å². The molecular formula is C21H18O3. The summed E-state index contributed by atoms with van der Waals surface area (Å²) in [6.07, 6.45) is 1.83. The molecule has 4 aromatic rings. The van der Waals surface area contributed by atoms with Gasteiger partial charge in [-0.25, -0.2) is 4.79 Å². The molecule has 0 aliphatic rings. The van der Waals surface area contributed by atoms with Gasteiger partial charge in [-0.05, 0) is 30.5 Å². The Labute approximate surface area is 139 Å². The Morgan fingerprint density at radius 1 is 0.917 bits per heavy atom. The van der Waals surface area contributed by atoms with Crippen LogP contribution in [0.4, 0.5) is 0 Å². The Hall–Kier alpha value is -2.81. The molecule has 2 aromatic heterocycles. The van der Waals surface area contributed by atoms with E-state index >= 15 is 0 Å². The van der Waals surface area contributed by atoms with E-state index < -0.39 is 0 Å². The Morgan fingerprint density at radius 3 is 2.42 bits per heavy atom. The summed E-state index contributed by atoms with van der Waals surface area (Å²) in [5.74, 6) is 0.867. The summed E-state index contributed by atoms with van der Waals surface area (Å²) in [4.78, 5) is 11.8. The lowest BCUT2D eigenvalue weighted by atomic mass is 9.99. The highest BCUT2D eigenvalue weighted by Gasteiger charge is 2.16. The smallest absolute Gasteiger partial charge is 0.336 e. The van der Waals surface area contributed by atoms with Crippen molar-refractivity contribution in [2.24, 2.45) is 0 Å². The molecule has 0 radical (unpaired) electrons. The van der Waals surface area contributed by atoms with Crippen LogP contribution in [0.2, 0.25) is 0 Å². The van der Waals surface area contributed by atoms with Gasteiger partial charge in [-0.15, -0.1) is 0 Å². The molecule has 0 atom stereocenters. The van der Waals surface area contributed by atoms with Gasteiger partial charge in [0.2, 0.25) is 0 Å². The van der Waals surface area contributed by atoms with Crippen LogP contribution < -0.4 is 5.63 Å². The van der Waals surface area contributed by atoms with Crippen LogP contribution in [-0.2, 0) is 6.42 Å². The van der Waals surface area contributed by atoms with E-state index in [0.29, 0.717) is 5.58 Å². The molecule has 0 saturated heterocycles. The number of rotatable bonds is 3. The van der Waals surface area contributed by atoms with Crippen molar-refractivity contribution in [1.29, 1.82) is 0 Å². The van der Waals surface area contributed by atoms with Crippen molar-refractivity contribution < 1.29 is 8.83 Å². The molecule has 0 aliphatic carbocycles. The van der Waals surface area contributed by atoms with Crippen LogP contribution in [0.25, 0.3) is 33.1 Å². The third kappa shape index (κ3) is 2.33. The largest absolute Gasteiger partial charge is 0.461 e. The average Bonchev–Trinajstić information content (AvgIpc) is 2.89. The summed E-state index contributed by atoms with van der Waals surface area (Å²) in [5.41, 5.74) is 4.28. The normalized spacial score (nSPS) is 11.4. The van der Waals surface area contributed by atoms with Crippen LogP contribution in [0.5, 0.6) is 0 Å². The quantitative estimate of drug-likeness (QED) is 0.471. The van der Waals surface area contributed by atoms with Crippen molar-refractivity contribution in [2.75, 3.05) is 0 Å². The summed E-state index contributed by atoms with van der Waals surface area (Å²) in [6, 6.07) is 15.8. The molecule has 4 rings (SSSR count). The number of aryl methyl sites for hydroxylation is 2. The van der Waals surface area contributed by atoms with E-state index in [1.807, 2.05) is 31.2 Å². The molecule has 0 saturated carbocycles. The Morgan fingerprint density at radius 2 is 1.67 bits per heavy atom. The molecule has 3 nitrogen and oxygen atoms in total. The van der Waals surface area contributed by atoms with Gasteiger partial charge in [0.05, 0.1) is 0 Å². The lowest BCUT2D eigenvalue weighted by Crippen LogP contribution is -2.00. The average molecular weight is 318 g/mol. The fourth-order valence-corrected chi connectivity index (χ4v) is 3.38. The minimum Gasteiger partial charge on any atom is -0.461 e. The van der Waals surface area contributed by atoms with Gasteiger partial charge < -0.3 is 8.83 Å². The van der Waals surface area contributed by atoms with E-state index in [-0.39, 0.29) is 5.63 Å². The fraction of sp³-hybridized carbons (Fsp3) is 0.190. The molecule has 0 spiro atoms. The van der Waals surface area contributed by atoms with Crippen LogP contribution in [-0.4, -0.2) is 0 Å². The number of hydrogen-bond acceptors (Lipinski definition) is 3. The third-order valence-corrected chi connectivity index (χ3v) is 4.40. The standard InChI is InChI=1S/C21H18O3/c1-3-7-15-10-20(22)24-18-12-19-17(11-16(15)18)21(13(2)23-19)14-8-5-4-6-9-14/h4-6,8-12H,3,7H2,1-2H3. The molecule has 0 bridgehead atoms. The molecular weight excluding hydrogens is 300 g/mol. The highest BCUT2D eigenvalue weighted by atomic mass is 16.4. The monoisotopic (exact) mass is 318 g/mol. The van der Waals surface area contributed by atoms with E-state index in [1.54, 1.807) is 6.07 Å². The molecule has 0 amide bonds. The van der Waals surface area contributed by atoms with E-state index in [1.165, 1.54) is 0 Å². The van der Waals surface area contributed by atoms with Crippen molar-refractivity contribution in [3.05, 3.63) is 70.3 Å². The van der Waals surface area contributed by atoms with Crippen molar-refractivity contribution in [1.82, 2.24) is 0 Å². The lowest BCUT2D eigenvalue weighted by Gasteiger charge is -2.05. The maximum Gasteiger partial charge on any atom is 0.336 e. The zero-order valence-electron chi connectivity index (χ0n) is 13.8. The van der Waals surface area contributed by atoms with Gasteiger partial charge in [0, 0.05) is 28.5 Å². The number of hydrogen-bond donors (Lipinski definition) is 0. The first-order chi connectivity index (χ1) is 11.7. The van der Waals surface area contributed by atoms with Gasteiger partial charge in [0.15, 0.2) is 0 Å². The molecule has 0 N–H and O–H groups in total. The summed E-state index contributed by atoms with van der Waals surface area (Å²) in [7, 11) is 0. The molecule has 2 heterocycles. The molecule has 2 aromatic carbocycles. The van der Waals surface area contributed by atoms with Gasteiger partial charge in [0.25, 0.3) is 0 Å². The molecule has 0 aliphatic heterocycles. The molecule has 120 valence electrons. The Balaban J connectivity index is 2.08. The maximum absolute atomic E-state index is 11.8. The van der Waals surface area contributed by atoms with E-state index in [2.05, 4.69) is 25.1 Å². The summed E-state index contributed by atoms with van der Waals surface area (Å²) < 4.78 is 11.3. The molecule has 0 unspecified atom stereocenters. The molecule has 3 heteroatoms.